The minimum absolute atomic E-state index is 0.112. The molecule has 0 fully saturated rings. The Morgan fingerprint density at radius 1 is 1.53 bits per heavy atom. The smallest absolute Gasteiger partial charge is 0.324 e. The predicted molar refractivity (Wildman–Crippen MR) is 64.5 cm³/mol. The van der Waals surface area contributed by atoms with Gasteiger partial charge in [-0.1, -0.05) is 0 Å². The van der Waals surface area contributed by atoms with Gasteiger partial charge in [0.05, 0.1) is 0 Å². The number of halogens is 1. The van der Waals surface area contributed by atoms with Gasteiger partial charge in [-0.3, -0.25) is 10.1 Å². The van der Waals surface area contributed by atoms with Gasteiger partial charge in [0.2, 0.25) is 5.91 Å². The molecular formula is C9H17ClN2O2S. The Hall–Kier alpha value is -0.420. The summed E-state index contributed by atoms with van der Waals surface area (Å²) in [5, 5.41) is 2.20. The van der Waals surface area contributed by atoms with Crippen LogP contribution < -0.4 is 5.32 Å². The van der Waals surface area contributed by atoms with Crippen molar-refractivity contribution >= 4 is 35.3 Å². The first kappa shape index (κ1) is 14.6. The molecule has 6 heteroatoms. The molecule has 0 rings (SSSR count). The number of thioether (sulfide) groups is 1. The van der Waals surface area contributed by atoms with E-state index in [2.05, 4.69) is 5.32 Å². The molecule has 0 saturated heterocycles. The van der Waals surface area contributed by atoms with E-state index < -0.39 is 11.9 Å². The number of carbonyl (C=O) groups excluding carboxylic acids is 2. The Labute approximate surface area is 99.7 Å². The lowest BCUT2D eigenvalue weighted by molar-refractivity contribution is -0.117. The lowest BCUT2D eigenvalue weighted by Crippen LogP contribution is -2.45. The number of imide groups is 1. The van der Waals surface area contributed by atoms with Crippen molar-refractivity contribution in [2.24, 2.45) is 0 Å². The molecule has 88 valence electrons. The van der Waals surface area contributed by atoms with Crippen LogP contribution in [0.1, 0.15) is 13.3 Å². The molecule has 0 aliphatic rings. The van der Waals surface area contributed by atoms with Crippen LogP contribution in [-0.4, -0.2) is 47.8 Å². The predicted octanol–water partition coefficient (Wildman–Crippen LogP) is 1.53. The highest BCUT2D eigenvalue weighted by Gasteiger charge is 2.16. The fraction of sp³-hybridized carbons (Fsp3) is 0.778. The zero-order valence-corrected chi connectivity index (χ0v) is 10.8. The minimum Gasteiger partial charge on any atom is -0.325 e. The van der Waals surface area contributed by atoms with Crippen molar-refractivity contribution in [1.82, 2.24) is 10.2 Å². The Balaban J connectivity index is 4.01. The van der Waals surface area contributed by atoms with Crippen molar-refractivity contribution in [3.8, 4) is 0 Å². The summed E-state index contributed by atoms with van der Waals surface area (Å²) in [4.78, 5) is 23.8. The normalized spacial score (nSPS) is 12.0. The second kappa shape index (κ2) is 7.82. The van der Waals surface area contributed by atoms with E-state index >= 15 is 0 Å². The van der Waals surface area contributed by atoms with Crippen LogP contribution in [0.5, 0.6) is 0 Å². The van der Waals surface area contributed by atoms with Gasteiger partial charge in [0.15, 0.2) is 0 Å². The van der Waals surface area contributed by atoms with E-state index in [4.69, 9.17) is 11.6 Å². The third-order valence-corrected chi connectivity index (χ3v) is 2.98. The van der Waals surface area contributed by atoms with Gasteiger partial charge in [-0.25, -0.2) is 4.79 Å². The third kappa shape index (κ3) is 5.89. The molecule has 3 amide bonds. The largest absolute Gasteiger partial charge is 0.325 e. The first-order chi connectivity index (χ1) is 7.02. The Morgan fingerprint density at radius 2 is 2.13 bits per heavy atom. The van der Waals surface area contributed by atoms with Crippen molar-refractivity contribution in [2.75, 3.05) is 24.9 Å². The van der Waals surface area contributed by atoms with Crippen molar-refractivity contribution < 1.29 is 9.59 Å². The number of alkyl halides is 1. The number of rotatable bonds is 5. The topological polar surface area (TPSA) is 49.4 Å². The summed E-state index contributed by atoms with van der Waals surface area (Å²) in [7, 11) is 1.67. The molecular weight excluding hydrogens is 236 g/mol. The molecule has 1 N–H and O–H groups in total. The van der Waals surface area contributed by atoms with E-state index in [1.165, 1.54) is 4.90 Å². The van der Waals surface area contributed by atoms with Crippen molar-refractivity contribution in [3.63, 3.8) is 0 Å². The Kier molecular flexibility index (Phi) is 7.60. The number of amides is 3. The zero-order valence-electron chi connectivity index (χ0n) is 9.25. The molecule has 0 saturated carbocycles. The highest BCUT2D eigenvalue weighted by Crippen LogP contribution is 2.05. The average Bonchev–Trinajstić information content (AvgIpc) is 2.24. The number of hydrogen-bond acceptors (Lipinski definition) is 3. The van der Waals surface area contributed by atoms with Gasteiger partial charge in [-0.2, -0.15) is 11.8 Å². The summed E-state index contributed by atoms with van der Waals surface area (Å²) < 4.78 is 0. The molecule has 0 bridgehead atoms. The molecule has 0 aromatic rings. The van der Waals surface area contributed by atoms with Gasteiger partial charge in [-0.15, -0.1) is 11.6 Å². The monoisotopic (exact) mass is 252 g/mol. The molecule has 0 heterocycles. The number of urea groups is 1. The van der Waals surface area contributed by atoms with Crippen LogP contribution in [0.4, 0.5) is 4.79 Å². The van der Waals surface area contributed by atoms with Crippen LogP contribution in [0.3, 0.4) is 0 Å². The molecule has 0 radical (unpaired) electrons. The van der Waals surface area contributed by atoms with Crippen LogP contribution in [0, 0.1) is 0 Å². The summed E-state index contributed by atoms with van der Waals surface area (Å²) in [6.45, 7) is 1.95. The number of carbonyl (C=O) groups is 2. The summed E-state index contributed by atoms with van der Waals surface area (Å²) in [5.74, 6) is 0.326. The first-order valence-corrected chi connectivity index (χ1v) is 6.57. The first-order valence-electron chi connectivity index (χ1n) is 4.64. The Morgan fingerprint density at radius 3 is 2.60 bits per heavy atom. The van der Waals surface area contributed by atoms with Gasteiger partial charge < -0.3 is 4.90 Å². The highest BCUT2D eigenvalue weighted by atomic mass is 35.5. The second-order valence-corrected chi connectivity index (χ2v) is 4.48. The van der Waals surface area contributed by atoms with Crippen molar-refractivity contribution in [1.29, 1.82) is 0 Å². The fourth-order valence-electron chi connectivity index (χ4n) is 0.923. The summed E-state index contributed by atoms with van der Waals surface area (Å²) in [6, 6.07) is -0.283. The van der Waals surface area contributed by atoms with Crippen molar-refractivity contribution in [2.45, 2.75) is 19.4 Å². The summed E-state index contributed by atoms with van der Waals surface area (Å²) >= 11 is 7.01. The maximum absolute atomic E-state index is 11.4. The lowest BCUT2D eigenvalue weighted by atomic mass is 10.2. The Bertz CT molecular complexity index is 226. The molecule has 0 aromatic heterocycles. The average molecular weight is 253 g/mol. The number of hydrogen-bond donors (Lipinski definition) is 1. The van der Waals surface area contributed by atoms with Crippen LogP contribution in [0.15, 0.2) is 0 Å². The van der Waals surface area contributed by atoms with Gasteiger partial charge >= 0.3 is 6.03 Å². The van der Waals surface area contributed by atoms with Crippen molar-refractivity contribution in [3.05, 3.63) is 0 Å². The molecule has 0 aliphatic heterocycles. The maximum Gasteiger partial charge on any atom is 0.324 e. The van der Waals surface area contributed by atoms with E-state index in [-0.39, 0.29) is 11.9 Å². The van der Waals surface area contributed by atoms with Crippen LogP contribution in [-0.2, 0) is 4.79 Å². The van der Waals surface area contributed by atoms with Crippen LogP contribution in [0.2, 0.25) is 0 Å². The van der Waals surface area contributed by atoms with E-state index in [9.17, 15) is 9.59 Å². The van der Waals surface area contributed by atoms with E-state index in [0.717, 1.165) is 12.2 Å². The fourth-order valence-corrected chi connectivity index (χ4v) is 1.57. The quantitative estimate of drug-likeness (QED) is 0.755. The minimum atomic E-state index is -0.467. The SMILES string of the molecule is CSCCC(C)N(C)C(=O)NC(=O)CCl. The highest BCUT2D eigenvalue weighted by molar-refractivity contribution is 7.98. The molecule has 1 unspecified atom stereocenters. The molecule has 1 atom stereocenters. The lowest BCUT2D eigenvalue weighted by Gasteiger charge is -2.24. The molecule has 15 heavy (non-hydrogen) atoms. The van der Waals surface area contributed by atoms with E-state index in [1.54, 1.807) is 18.8 Å². The molecule has 4 nitrogen and oxygen atoms in total. The van der Waals surface area contributed by atoms with E-state index in [0.29, 0.717) is 0 Å². The van der Waals surface area contributed by atoms with Crippen LogP contribution in [0.25, 0.3) is 0 Å². The molecule has 0 aromatic carbocycles. The number of nitrogens with zero attached hydrogens (tertiary/aromatic N) is 1. The standard InChI is InChI=1S/C9H17ClN2O2S/c1-7(4-5-15-3)12(2)9(14)11-8(13)6-10/h7H,4-6H2,1-3H3,(H,11,13,14). The van der Waals surface area contributed by atoms with Gasteiger partial charge in [-0.05, 0) is 25.4 Å². The van der Waals surface area contributed by atoms with E-state index in [1.807, 2.05) is 13.2 Å². The van der Waals surface area contributed by atoms with Crippen LogP contribution >= 0.6 is 23.4 Å². The van der Waals surface area contributed by atoms with Gasteiger partial charge in [0.1, 0.15) is 5.88 Å². The molecule has 0 aliphatic carbocycles. The zero-order chi connectivity index (χ0) is 11.8. The number of nitrogens with one attached hydrogen (secondary N) is 1. The van der Waals surface area contributed by atoms with Gasteiger partial charge in [0.25, 0.3) is 0 Å². The molecule has 0 spiro atoms. The second-order valence-electron chi connectivity index (χ2n) is 3.23. The summed E-state index contributed by atoms with van der Waals surface area (Å²) in [6.07, 6.45) is 2.92. The summed E-state index contributed by atoms with van der Waals surface area (Å²) in [5.41, 5.74) is 0. The maximum atomic E-state index is 11.4. The third-order valence-electron chi connectivity index (χ3n) is 2.09. The van der Waals surface area contributed by atoms with Gasteiger partial charge in [0, 0.05) is 13.1 Å².